The van der Waals surface area contributed by atoms with Gasteiger partial charge in [0.1, 0.15) is 87.0 Å². The second-order valence-corrected chi connectivity index (χ2v) is 22.1. The van der Waals surface area contributed by atoms with Crippen molar-refractivity contribution in [1.82, 2.24) is 0 Å². The third kappa shape index (κ3) is 17.3. The molecule has 2 aliphatic heterocycles. The summed E-state index contributed by atoms with van der Waals surface area (Å²) in [5, 5.41) is 54.4. The zero-order valence-corrected chi connectivity index (χ0v) is 50.6. The summed E-state index contributed by atoms with van der Waals surface area (Å²) in [6.07, 6.45) is 1.12. The van der Waals surface area contributed by atoms with E-state index in [1.807, 2.05) is 21.9 Å². The number of carboxylic acid groups (broad SMARTS) is 2. The summed E-state index contributed by atoms with van der Waals surface area (Å²) in [6, 6.07) is 38.4. The molecule has 25 heteroatoms. The Kier molecular flexibility index (Phi) is 22.9. The van der Waals surface area contributed by atoms with E-state index in [-0.39, 0.29) is 70.6 Å². The lowest BCUT2D eigenvalue weighted by Crippen LogP contribution is -2.22. The van der Waals surface area contributed by atoms with Crippen molar-refractivity contribution in [3.8, 4) is 47.0 Å². The van der Waals surface area contributed by atoms with E-state index in [1.165, 1.54) is 60.7 Å². The van der Waals surface area contributed by atoms with E-state index in [9.17, 15) is 41.6 Å². The fraction of sp³-hybridized carbons (Fsp3) is 0.129. The molecule has 1 aromatic heterocycles. The van der Waals surface area contributed by atoms with Crippen molar-refractivity contribution in [2.45, 2.75) is 12.8 Å². The van der Waals surface area contributed by atoms with Crippen LogP contribution in [0.5, 0.6) is 28.7 Å². The summed E-state index contributed by atoms with van der Waals surface area (Å²) in [7, 11) is 0. The highest BCUT2D eigenvalue weighted by Gasteiger charge is 2.30. The van der Waals surface area contributed by atoms with Gasteiger partial charge in [-0.2, -0.15) is 15.8 Å². The molecule has 0 radical (unpaired) electrons. The lowest BCUT2D eigenvalue weighted by molar-refractivity contribution is -0.141. The molecule has 2 saturated heterocycles. The molecule has 0 saturated carbocycles. The van der Waals surface area contributed by atoms with Crippen LogP contribution in [0.4, 0.5) is 33.3 Å². The molecule has 3 N–H and O–H groups in total. The molecule has 14 nitrogen and oxygen atoms in total. The molecule has 11 rings (SSSR count). The summed E-state index contributed by atoms with van der Waals surface area (Å²) >= 11 is 29.7. The molecule has 0 amide bonds. The molecule has 9 aromatic rings. The van der Waals surface area contributed by atoms with E-state index in [1.54, 1.807) is 66.7 Å². The Bertz CT molecular complexity index is 4280. The number of nitrogens with zero attached hydrogens (tertiary/aromatic N) is 5. The SMILES string of the molecule is N#Cc1ccc(Br)cc1F.N#Cc1ccc(Br)cc1Oc1cc(F)ccc1Cl.N#Cc1ccc(N2CCC(C(=O)O)C2)cc1Oc1cc(F)ccc1Cl.O=C(O)C1CCN(c2ccc3c(=O)c4c(F)ccc(Cl)c4oc3c2)C1.Oc1cc(F)ccc1Cl. The molecule has 2 aliphatic rings. The quantitative estimate of drug-likeness (QED) is 0.0952. The Morgan fingerprint density at radius 2 is 1.00 bits per heavy atom. The molecule has 444 valence electrons. The van der Waals surface area contributed by atoms with Gasteiger partial charge in [-0.25, -0.2) is 22.0 Å². The molecule has 8 aromatic carbocycles. The van der Waals surface area contributed by atoms with Gasteiger partial charge in [-0.15, -0.1) is 0 Å². The average Bonchev–Trinajstić information content (AvgIpc) is 1.03. The van der Waals surface area contributed by atoms with Gasteiger partial charge in [-0.1, -0.05) is 78.3 Å². The number of hydrogen-bond donors (Lipinski definition) is 3. The summed E-state index contributed by atoms with van der Waals surface area (Å²) in [5.74, 6) is -4.46. The van der Waals surface area contributed by atoms with Crippen molar-refractivity contribution in [3.63, 3.8) is 0 Å². The molecule has 2 fully saturated rings. The number of hydrogen-bond acceptors (Lipinski definition) is 12. The van der Waals surface area contributed by atoms with Crippen molar-refractivity contribution >= 4 is 124 Å². The zero-order chi connectivity index (χ0) is 63.2. The highest BCUT2D eigenvalue weighted by Crippen LogP contribution is 2.37. The summed E-state index contributed by atoms with van der Waals surface area (Å²) < 4.78 is 83.5. The van der Waals surface area contributed by atoms with Gasteiger partial charge in [0.15, 0.2) is 5.58 Å². The highest BCUT2D eigenvalue weighted by atomic mass is 79.9. The van der Waals surface area contributed by atoms with Crippen molar-refractivity contribution in [2.24, 2.45) is 11.8 Å². The Hall–Kier alpha value is -8.59. The predicted octanol–water partition coefficient (Wildman–Crippen LogP) is 17.3. The molecule has 87 heavy (non-hydrogen) atoms. The smallest absolute Gasteiger partial charge is 0.308 e. The van der Waals surface area contributed by atoms with Crippen LogP contribution in [-0.2, 0) is 9.59 Å². The molecule has 0 spiro atoms. The minimum atomic E-state index is -0.820. The van der Waals surface area contributed by atoms with E-state index in [4.69, 9.17) is 86.1 Å². The lowest BCUT2D eigenvalue weighted by Gasteiger charge is -2.19. The van der Waals surface area contributed by atoms with Gasteiger partial charge in [-0.3, -0.25) is 14.4 Å². The maximum atomic E-state index is 14.0. The number of phenols is 1. The van der Waals surface area contributed by atoms with Crippen molar-refractivity contribution in [2.75, 3.05) is 36.0 Å². The Balaban J connectivity index is 0.000000164. The summed E-state index contributed by atoms with van der Waals surface area (Å²) in [6.45, 7) is 1.99. The average molecular weight is 1400 g/mol. The zero-order valence-electron chi connectivity index (χ0n) is 44.4. The number of phenolic OH excluding ortho intramolecular Hbond substituents is 1. The fourth-order valence-electron chi connectivity index (χ4n) is 8.43. The molecule has 0 bridgehead atoms. The fourth-order valence-corrected chi connectivity index (χ4v) is 9.73. The normalized spacial score (nSPS) is 13.8. The Labute approximate surface area is 528 Å². The predicted molar refractivity (Wildman–Crippen MR) is 326 cm³/mol. The van der Waals surface area contributed by atoms with E-state index in [0.29, 0.717) is 60.4 Å². The van der Waals surface area contributed by atoms with Crippen LogP contribution in [0.3, 0.4) is 0 Å². The number of aromatic hydroxyl groups is 1. The van der Waals surface area contributed by atoms with Gasteiger partial charge in [0.25, 0.3) is 0 Å². The molecular formula is C62H40Br2Cl4F5N5O9. The standard InChI is InChI=1S/C18H14ClFN2O3.C18H13ClFNO4.C13H6BrClFNO.C7H3BrFN.C6H4ClFO/c19-15-4-2-13(20)7-17(15)25-16-8-14(3-1-11(16)9-21)22-6-5-12(10-22)18(23)24;19-12-3-4-13(20)15-16(22)11-2-1-10(7-14(11)25-17(12)15)21-6-5-9(8-21)18(23)24;14-9-2-1-8(7-17)12(5-9)18-13-6-10(16)3-4-11(13)15;8-6-2-1-5(4-10)7(9)3-6;7-5-2-1-4(8)3-6(5)9/h1-4,7-8,12H,5-6,10H2,(H,23,24);1-4,7,9H,5-6,8H2,(H,23,24);1-6H;1-3H;1-3,9H. The molecule has 0 aliphatic carbocycles. The third-order valence-electron chi connectivity index (χ3n) is 12.8. The van der Waals surface area contributed by atoms with E-state index in [2.05, 4.69) is 31.9 Å². The van der Waals surface area contributed by atoms with Crippen molar-refractivity contribution in [3.05, 3.63) is 225 Å². The summed E-state index contributed by atoms with van der Waals surface area (Å²) in [4.78, 5) is 38.7. The van der Waals surface area contributed by atoms with Crippen LogP contribution in [-0.4, -0.2) is 53.4 Å². The Morgan fingerprint density at radius 1 is 0.540 bits per heavy atom. The van der Waals surface area contributed by atoms with Gasteiger partial charge in [0.05, 0.1) is 54.0 Å². The summed E-state index contributed by atoms with van der Waals surface area (Å²) in [5.41, 5.74) is 2.02. The minimum Gasteiger partial charge on any atom is -0.506 e. The Morgan fingerprint density at radius 3 is 1.49 bits per heavy atom. The molecular weight excluding hydrogens is 1360 g/mol. The van der Waals surface area contributed by atoms with Crippen molar-refractivity contribution in [1.29, 1.82) is 15.8 Å². The number of carboxylic acids is 2. The number of aliphatic carboxylic acids is 2. The topological polar surface area (TPSA) is 221 Å². The number of carbonyl (C=O) groups is 2. The maximum absolute atomic E-state index is 14.0. The first-order valence-corrected chi connectivity index (χ1v) is 28.4. The van der Waals surface area contributed by atoms with Crippen LogP contribution < -0.4 is 24.7 Å². The largest absolute Gasteiger partial charge is 0.506 e. The van der Waals surface area contributed by atoms with Gasteiger partial charge in [-0.05, 0) is 122 Å². The monoisotopic (exact) mass is 1390 g/mol. The van der Waals surface area contributed by atoms with Gasteiger partial charge < -0.3 is 39.0 Å². The second-order valence-electron chi connectivity index (χ2n) is 18.6. The first-order chi connectivity index (χ1) is 41.5. The van der Waals surface area contributed by atoms with Crippen LogP contribution in [0, 0.1) is 74.9 Å². The van der Waals surface area contributed by atoms with Crippen LogP contribution in [0.15, 0.2) is 158 Å². The third-order valence-corrected chi connectivity index (χ3v) is 15.1. The van der Waals surface area contributed by atoms with Crippen LogP contribution in [0.25, 0.3) is 21.9 Å². The minimum absolute atomic E-state index is 0.0150. The second kappa shape index (κ2) is 30.2. The first-order valence-electron chi connectivity index (χ1n) is 25.3. The molecule has 2 atom stereocenters. The molecule has 3 heterocycles. The van der Waals surface area contributed by atoms with Crippen LogP contribution in [0.2, 0.25) is 20.1 Å². The lowest BCUT2D eigenvalue weighted by atomic mass is 10.1. The van der Waals surface area contributed by atoms with Crippen LogP contribution in [0.1, 0.15) is 29.5 Å². The van der Waals surface area contributed by atoms with E-state index in [0.717, 1.165) is 34.0 Å². The van der Waals surface area contributed by atoms with E-state index >= 15 is 0 Å². The van der Waals surface area contributed by atoms with Gasteiger partial charge in [0, 0.05) is 76.8 Å². The number of nitriles is 3. The van der Waals surface area contributed by atoms with Gasteiger partial charge >= 0.3 is 11.9 Å². The van der Waals surface area contributed by atoms with E-state index < -0.39 is 58.3 Å². The number of ether oxygens (including phenoxy) is 2. The number of benzene rings is 8. The number of anilines is 2. The number of fused-ring (bicyclic) bond motifs is 2. The molecule has 2 unspecified atom stereocenters. The number of halogens is 11. The number of rotatable bonds is 8. The van der Waals surface area contributed by atoms with Crippen molar-refractivity contribution < 1.29 is 60.8 Å². The first kappa shape index (κ1) is 65.9. The van der Waals surface area contributed by atoms with Crippen LogP contribution >= 0.6 is 78.3 Å². The maximum Gasteiger partial charge on any atom is 0.308 e. The van der Waals surface area contributed by atoms with Gasteiger partial charge in [0.2, 0.25) is 5.43 Å². The highest BCUT2D eigenvalue weighted by molar-refractivity contribution is 9.10.